The van der Waals surface area contributed by atoms with Gasteiger partial charge in [0.15, 0.2) is 0 Å². The van der Waals surface area contributed by atoms with E-state index in [0.29, 0.717) is 11.3 Å². The van der Waals surface area contributed by atoms with Crippen LogP contribution in [0.15, 0.2) is 18.2 Å². The maximum atomic E-state index is 11.6. The van der Waals surface area contributed by atoms with Crippen molar-refractivity contribution in [2.75, 3.05) is 12.4 Å². The lowest BCUT2D eigenvalue weighted by Gasteiger charge is -2.11. The van der Waals surface area contributed by atoms with Crippen molar-refractivity contribution in [2.45, 2.75) is 26.3 Å². The quantitative estimate of drug-likeness (QED) is 0.745. The minimum Gasteiger partial charge on any atom is -0.355 e. The van der Waals surface area contributed by atoms with Gasteiger partial charge in [-0.2, -0.15) is 0 Å². The lowest BCUT2D eigenvalue weighted by molar-refractivity contribution is -0.116. The second kappa shape index (κ2) is 6.16. The highest BCUT2D eigenvalue weighted by Crippen LogP contribution is 2.17. The van der Waals surface area contributed by atoms with Crippen LogP contribution in [0.4, 0.5) is 5.69 Å². The molecule has 0 aliphatic carbocycles. The van der Waals surface area contributed by atoms with Gasteiger partial charge in [-0.05, 0) is 31.5 Å². The zero-order valence-electron chi connectivity index (χ0n) is 10.9. The molecule has 1 unspecified atom stereocenters. The van der Waals surface area contributed by atoms with Crippen molar-refractivity contribution in [3.05, 3.63) is 29.3 Å². The molecule has 98 valence electrons. The number of rotatable bonds is 4. The van der Waals surface area contributed by atoms with Crippen LogP contribution in [0.25, 0.3) is 0 Å². The SMILES string of the molecule is CNC(=O)c1ccc(C)c(NC(=O)CC(C)N)c1. The lowest BCUT2D eigenvalue weighted by Crippen LogP contribution is -2.24. The second-order valence-corrected chi connectivity index (χ2v) is 4.34. The number of carbonyl (C=O) groups excluding carboxylic acids is 2. The third kappa shape index (κ3) is 3.85. The van der Waals surface area contributed by atoms with Crippen molar-refractivity contribution in [1.29, 1.82) is 0 Å². The van der Waals surface area contributed by atoms with Gasteiger partial charge in [-0.1, -0.05) is 6.07 Å². The molecule has 1 rings (SSSR count). The molecule has 0 fully saturated rings. The predicted octanol–water partition coefficient (Wildman–Crippen LogP) is 1.03. The van der Waals surface area contributed by atoms with Crippen molar-refractivity contribution >= 4 is 17.5 Å². The Morgan fingerprint density at radius 1 is 1.39 bits per heavy atom. The monoisotopic (exact) mass is 249 g/mol. The predicted molar refractivity (Wildman–Crippen MR) is 71.5 cm³/mol. The van der Waals surface area contributed by atoms with Crippen molar-refractivity contribution in [3.63, 3.8) is 0 Å². The van der Waals surface area contributed by atoms with Gasteiger partial charge < -0.3 is 16.4 Å². The largest absolute Gasteiger partial charge is 0.355 e. The lowest BCUT2D eigenvalue weighted by atomic mass is 10.1. The third-order valence-corrected chi connectivity index (χ3v) is 2.51. The van der Waals surface area contributed by atoms with E-state index >= 15 is 0 Å². The molecule has 4 N–H and O–H groups in total. The topological polar surface area (TPSA) is 84.2 Å². The Hall–Kier alpha value is -1.88. The van der Waals surface area contributed by atoms with Crippen LogP contribution in [0, 0.1) is 6.92 Å². The summed E-state index contributed by atoms with van der Waals surface area (Å²) in [5.74, 6) is -0.333. The summed E-state index contributed by atoms with van der Waals surface area (Å²) in [4.78, 5) is 23.1. The Labute approximate surface area is 107 Å². The summed E-state index contributed by atoms with van der Waals surface area (Å²) in [5, 5.41) is 5.30. The average molecular weight is 249 g/mol. The molecule has 0 saturated heterocycles. The van der Waals surface area contributed by atoms with Crippen LogP contribution in [-0.4, -0.2) is 24.9 Å². The van der Waals surface area contributed by atoms with Gasteiger partial charge in [0, 0.05) is 30.8 Å². The molecule has 0 saturated carbocycles. The second-order valence-electron chi connectivity index (χ2n) is 4.34. The van der Waals surface area contributed by atoms with E-state index in [0.717, 1.165) is 5.56 Å². The Morgan fingerprint density at radius 2 is 2.06 bits per heavy atom. The number of anilines is 1. The fourth-order valence-corrected chi connectivity index (χ4v) is 1.54. The van der Waals surface area contributed by atoms with Gasteiger partial charge in [-0.3, -0.25) is 9.59 Å². The van der Waals surface area contributed by atoms with E-state index < -0.39 is 0 Å². The molecule has 0 bridgehead atoms. The summed E-state index contributed by atoms with van der Waals surface area (Å²) >= 11 is 0. The number of hydrogen-bond donors (Lipinski definition) is 3. The highest BCUT2D eigenvalue weighted by molar-refractivity contribution is 5.97. The molecular formula is C13H19N3O2. The Morgan fingerprint density at radius 3 is 2.61 bits per heavy atom. The van der Waals surface area contributed by atoms with Gasteiger partial charge in [-0.25, -0.2) is 0 Å². The summed E-state index contributed by atoms with van der Waals surface area (Å²) in [6, 6.07) is 4.99. The zero-order chi connectivity index (χ0) is 13.7. The Kier molecular flexibility index (Phi) is 4.85. The molecule has 5 heteroatoms. The number of amides is 2. The van der Waals surface area contributed by atoms with Crippen LogP contribution >= 0.6 is 0 Å². The standard InChI is InChI=1S/C13H19N3O2/c1-8-4-5-10(13(18)15-3)7-11(8)16-12(17)6-9(2)14/h4-5,7,9H,6,14H2,1-3H3,(H,15,18)(H,16,17). The number of nitrogens with one attached hydrogen (secondary N) is 2. The summed E-state index contributed by atoms with van der Waals surface area (Å²) < 4.78 is 0. The minimum absolute atomic E-state index is 0.151. The normalized spacial score (nSPS) is 11.8. The van der Waals surface area contributed by atoms with Crippen LogP contribution in [0.2, 0.25) is 0 Å². The van der Waals surface area contributed by atoms with Gasteiger partial charge in [0.05, 0.1) is 0 Å². The molecule has 1 atom stereocenters. The molecule has 5 nitrogen and oxygen atoms in total. The number of benzene rings is 1. The molecule has 0 aromatic heterocycles. The van der Waals surface area contributed by atoms with Gasteiger partial charge >= 0.3 is 0 Å². The van der Waals surface area contributed by atoms with E-state index in [9.17, 15) is 9.59 Å². The first-order valence-corrected chi connectivity index (χ1v) is 5.82. The number of aryl methyl sites for hydroxylation is 1. The highest BCUT2D eigenvalue weighted by Gasteiger charge is 2.10. The summed E-state index contributed by atoms with van der Waals surface area (Å²) in [5.41, 5.74) is 7.62. The van der Waals surface area contributed by atoms with Gasteiger partial charge in [-0.15, -0.1) is 0 Å². The van der Waals surface area contributed by atoms with E-state index in [1.807, 2.05) is 6.92 Å². The van der Waals surface area contributed by atoms with Crippen molar-refractivity contribution in [1.82, 2.24) is 5.32 Å². The first kappa shape index (κ1) is 14.2. The van der Waals surface area contributed by atoms with Crippen LogP contribution in [0.3, 0.4) is 0 Å². The van der Waals surface area contributed by atoms with E-state index in [4.69, 9.17) is 5.73 Å². The number of nitrogens with two attached hydrogens (primary N) is 1. The summed E-state index contributed by atoms with van der Waals surface area (Å²) in [6.07, 6.45) is 0.254. The molecule has 0 aliphatic heterocycles. The molecule has 1 aromatic carbocycles. The highest BCUT2D eigenvalue weighted by atomic mass is 16.2. The van der Waals surface area contributed by atoms with Crippen molar-refractivity contribution in [2.24, 2.45) is 5.73 Å². The van der Waals surface area contributed by atoms with Gasteiger partial charge in [0.1, 0.15) is 0 Å². The average Bonchev–Trinajstić information content (AvgIpc) is 2.30. The van der Waals surface area contributed by atoms with E-state index in [1.54, 1.807) is 32.2 Å². The van der Waals surface area contributed by atoms with Crippen LogP contribution in [0.1, 0.15) is 29.3 Å². The Bertz CT molecular complexity index is 456. The summed E-state index contributed by atoms with van der Waals surface area (Å²) in [7, 11) is 1.57. The molecule has 0 radical (unpaired) electrons. The van der Waals surface area contributed by atoms with Gasteiger partial charge in [0.2, 0.25) is 5.91 Å². The fraction of sp³-hybridized carbons (Fsp3) is 0.385. The van der Waals surface area contributed by atoms with E-state index in [2.05, 4.69) is 10.6 Å². The number of carbonyl (C=O) groups is 2. The maximum absolute atomic E-state index is 11.6. The van der Waals surface area contributed by atoms with Crippen molar-refractivity contribution in [3.8, 4) is 0 Å². The molecule has 2 amide bonds. The van der Waals surface area contributed by atoms with Crippen LogP contribution < -0.4 is 16.4 Å². The first-order valence-electron chi connectivity index (χ1n) is 5.82. The fourth-order valence-electron chi connectivity index (χ4n) is 1.54. The van der Waals surface area contributed by atoms with Crippen LogP contribution in [0.5, 0.6) is 0 Å². The van der Waals surface area contributed by atoms with Gasteiger partial charge in [0.25, 0.3) is 5.91 Å². The summed E-state index contributed by atoms with van der Waals surface area (Å²) in [6.45, 7) is 3.64. The number of hydrogen-bond acceptors (Lipinski definition) is 3. The van der Waals surface area contributed by atoms with Crippen molar-refractivity contribution < 1.29 is 9.59 Å². The minimum atomic E-state index is -0.188. The Balaban J connectivity index is 2.87. The van der Waals surface area contributed by atoms with Crippen LogP contribution in [-0.2, 0) is 4.79 Å². The maximum Gasteiger partial charge on any atom is 0.251 e. The molecule has 0 heterocycles. The molecular weight excluding hydrogens is 230 g/mol. The van der Waals surface area contributed by atoms with E-state index in [-0.39, 0.29) is 24.3 Å². The first-order chi connectivity index (χ1) is 8.43. The smallest absolute Gasteiger partial charge is 0.251 e. The molecule has 1 aromatic rings. The molecule has 18 heavy (non-hydrogen) atoms. The molecule has 0 spiro atoms. The zero-order valence-corrected chi connectivity index (χ0v) is 10.9. The third-order valence-electron chi connectivity index (χ3n) is 2.51. The molecule has 0 aliphatic rings. The van der Waals surface area contributed by atoms with E-state index in [1.165, 1.54) is 0 Å².